The molecule has 0 unspecified atom stereocenters. The van der Waals surface area contributed by atoms with Crippen molar-refractivity contribution >= 4 is 17.5 Å². The number of amides is 2. The van der Waals surface area contributed by atoms with Gasteiger partial charge in [-0.3, -0.25) is 9.59 Å². The van der Waals surface area contributed by atoms with Crippen LogP contribution in [0.1, 0.15) is 37.6 Å². The zero-order valence-electron chi connectivity index (χ0n) is 11.1. The molecule has 98 valence electrons. The minimum Gasteiger partial charge on any atom is -0.352 e. The molecule has 0 spiro atoms. The lowest BCUT2D eigenvalue weighted by Crippen LogP contribution is -2.24. The lowest BCUT2D eigenvalue weighted by molar-refractivity contribution is -0.118. The Hall–Kier alpha value is -1.84. The number of hydrogen-bond acceptors (Lipinski definition) is 2. The van der Waals surface area contributed by atoms with Crippen LogP contribution in [0.25, 0.3) is 0 Å². The normalized spacial score (nSPS) is 10.2. The van der Waals surface area contributed by atoms with Crippen LogP contribution in [0.15, 0.2) is 24.3 Å². The number of hydrogen-bond donors (Lipinski definition) is 2. The minimum atomic E-state index is -0.0846. The largest absolute Gasteiger partial charge is 0.352 e. The number of rotatable bonds is 5. The van der Waals surface area contributed by atoms with Crippen LogP contribution in [0, 0.1) is 5.92 Å². The molecule has 0 aliphatic heterocycles. The third-order valence-corrected chi connectivity index (χ3v) is 2.47. The SMILES string of the molecule is CCCNC(=O)c1ccc(NC(=O)C(C)C)cc1. The monoisotopic (exact) mass is 248 g/mol. The first-order chi connectivity index (χ1) is 8.54. The molecule has 0 aromatic heterocycles. The van der Waals surface area contributed by atoms with E-state index in [2.05, 4.69) is 10.6 Å². The maximum atomic E-state index is 11.6. The van der Waals surface area contributed by atoms with Crippen LogP contribution in [0.3, 0.4) is 0 Å². The number of anilines is 1. The van der Waals surface area contributed by atoms with Gasteiger partial charge < -0.3 is 10.6 Å². The van der Waals surface area contributed by atoms with Crippen molar-refractivity contribution < 1.29 is 9.59 Å². The molecule has 0 saturated heterocycles. The molecule has 2 amide bonds. The highest BCUT2D eigenvalue weighted by Gasteiger charge is 2.08. The Morgan fingerprint density at radius 2 is 1.78 bits per heavy atom. The van der Waals surface area contributed by atoms with Crippen LogP contribution in [-0.4, -0.2) is 18.4 Å². The second-order valence-electron chi connectivity index (χ2n) is 4.48. The molecule has 0 aliphatic carbocycles. The Morgan fingerprint density at radius 3 is 2.28 bits per heavy atom. The maximum Gasteiger partial charge on any atom is 0.251 e. The van der Waals surface area contributed by atoms with Gasteiger partial charge in [-0.25, -0.2) is 0 Å². The first-order valence-electron chi connectivity index (χ1n) is 6.23. The quantitative estimate of drug-likeness (QED) is 0.840. The van der Waals surface area contributed by atoms with Gasteiger partial charge in [0.15, 0.2) is 0 Å². The third kappa shape index (κ3) is 4.20. The van der Waals surface area contributed by atoms with E-state index in [0.717, 1.165) is 6.42 Å². The molecule has 1 aromatic carbocycles. The van der Waals surface area contributed by atoms with Crippen LogP contribution in [0.2, 0.25) is 0 Å². The number of carbonyl (C=O) groups is 2. The zero-order valence-corrected chi connectivity index (χ0v) is 11.1. The van der Waals surface area contributed by atoms with E-state index in [-0.39, 0.29) is 17.7 Å². The molecule has 18 heavy (non-hydrogen) atoms. The lowest BCUT2D eigenvalue weighted by atomic mass is 10.1. The molecule has 0 fully saturated rings. The van der Waals surface area contributed by atoms with Crippen LogP contribution in [0.5, 0.6) is 0 Å². The van der Waals surface area contributed by atoms with Crippen molar-refractivity contribution in [3.8, 4) is 0 Å². The Bertz CT molecular complexity index is 410. The topological polar surface area (TPSA) is 58.2 Å². The average Bonchev–Trinajstić information content (AvgIpc) is 2.36. The van der Waals surface area contributed by atoms with Gasteiger partial charge in [0.2, 0.25) is 5.91 Å². The molecular weight excluding hydrogens is 228 g/mol. The molecule has 0 saturated carbocycles. The van der Waals surface area contributed by atoms with E-state index in [4.69, 9.17) is 0 Å². The standard InChI is InChI=1S/C14H20N2O2/c1-4-9-15-14(18)11-5-7-12(8-6-11)16-13(17)10(2)3/h5-8,10H,4,9H2,1-3H3,(H,15,18)(H,16,17). The van der Waals surface area contributed by atoms with Gasteiger partial charge in [-0.05, 0) is 30.7 Å². The second-order valence-corrected chi connectivity index (χ2v) is 4.48. The lowest BCUT2D eigenvalue weighted by Gasteiger charge is -2.08. The van der Waals surface area contributed by atoms with Crippen LogP contribution < -0.4 is 10.6 Å². The van der Waals surface area contributed by atoms with E-state index >= 15 is 0 Å². The summed E-state index contributed by atoms with van der Waals surface area (Å²) in [5, 5.41) is 5.58. The fraction of sp³-hybridized carbons (Fsp3) is 0.429. The summed E-state index contributed by atoms with van der Waals surface area (Å²) in [6.45, 7) is 6.35. The molecule has 4 heteroatoms. The van der Waals surface area contributed by atoms with Crippen molar-refractivity contribution in [2.24, 2.45) is 5.92 Å². The van der Waals surface area contributed by atoms with Gasteiger partial charge >= 0.3 is 0 Å². The summed E-state index contributed by atoms with van der Waals surface area (Å²) in [6.07, 6.45) is 0.911. The smallest absolute Gasteiger partial charge is 0.251 e. The second kappa shape index (κ2) is 6.79. The fourth-order valence-corrected chi connectivity index (χ4v) is 1.33. The van der Waals surface area contributed by atoms with E-state index in [9.17, 15) is 9.59 Å². The summed E-state index contributed by atoms with van der Waals surface area (Å²) >= 11 is 0. The van der Waals surface area contributed by atoms with Crippen molar-refractivity contribution in [1.82, 2.24) is 5.32 Å². The Kier molecular flexibility index (Phi) is 5.36. The van der Waals surface area contributed by atoms with Crippen LogP contribution in [0.4, 0.5) is 5.69 Å². The van der Waals surface area contributed by atoms with Crippen molar-refractivity contribution in [2.75, 3.05) is 11.9 Å². The Balaban J connectivity index is 2.62. The van der Waals surface area contributed by atoms with Crippen molar-refractivity contribution in [2.45, 2.75) is 27.2 Å². The fourth-order valence-electron chi connectivity index (χ4n) is 1.33. The molecule has 1 rings (SSSR count). The van der Waals surface area contributed by atoms with Gasteiger partial charge in [-0.1, -0.05) is 20.8 Å². The van der Waals surface area contributed by atoms with E-state index in [1.807, 2.05) is 20.8 Å². The number of nitrogens with one attached hydrogen (secondary N) is 2. The molecular formula is C14H20N2O2. The highest BCUT2D eigenvalue weighted by atomic mass is 16.2. The van der Waals surface area contributed by atoms with Gasteiger partial charge in [-0.2, -0.15) is 0 Å². The first-order valence-corrected chi connectivity index (χ1v) is 6.23. The van der Waals surface area contributed by atoms with E-state index in [1.54, 1.807) is 24.3 Å². The molecule has 1 aromatic rings. The summed E-state index contributed by atoms with van der Waals surface area (Å²) < 4.78 is 0. The van der Waals surface area contributed by atoms with Crippen molar-refractivity contribution in [3.63, 3.8) is 0 Å². The summed E-state index contributed by atoms with van der Waals surface area (Å²) in [5.41, 5.74) is 1.31. The predicted octanol–water partition coefficient (Wildman–Crippen LogP) is 2.42. The van der Waals surface area contributed by atoms with Gasteiger partial charge in [0, 0.05) is 23.7 Å². The summed E-state index contributed by atoms with van der Waals surface area (Å²) in [6, 6.07) is 6.89. The van der Waals surface area contributed by atoms with Gasteiger partial charge in [0.25, 0.3) is 5.91 Å². The highest BCUT2D eigenvalue weighted by Crippen LogP contribution is 2.10. The number of carbonyl (C=O) groups excluding carboxylic acids is 2. The summed E-state index contributed by atoms with van der Waals surface area (Å²) in [7, 11) is 0. The third-order valence-electron chi connectivity index (χ3n) is 2.47. The average molecular weight is 248 g/mol. The molecule has 0 aliphatic rings. The highest BCUT2D eigenvalue weighted by molar-refractivity contribution is 5.96. The number of benzene rings is 1. The van der Waals surface area contributed by atoms with Gasteiger partial charge in [0.05, 0.1) is 0 Å². The van der Waals surface area contributed by atoms with E-state index < -0.39 is 0 Å². The summed E-state index contributed by atoms with van der Waals surface area (Å²) in [4.78, 5) is 23.1. The molecule has 0 heterocycles. The van der Waals surface area contributed by atoms with Crippen molar-refractivity contribution in [3.05, 3.63) is 29.8 Å². The van der Waals surface area contributed by atoms with Crippen molar-refractivity contribution in [1.29, 1.82) is 0 Å². The zero-order chi connectivity index (χ0) is 13.5. The summed E-state index contributed by atoms with van der Waals surface area (Å²) in [5.74, 6) is -0.172. The Labute approximate surface area is 108 Å². The first kappa shape index (κ1) is 14.2. The molecule has 0 bridgehead atoms. The molecule has 2 N–H and O–H groups in total. The molecule has 0 atom stereocenters. The van der Waals surface area contributed by atoms with Crippen LogP contribution in [-0.2, 0) is 4.79 Å². The molecule has 0 radical (unpaired) electrons. The van der Waals surface area contributed by atoms with E-state index in [1.165, 1.54) is 0 Å². The van der Waals surface area contributed by atoms with Gasteiger partial charge in [-0.15, -0.1) is 0 Å². The molecule has 4 nitrogen and oxygen atoms in total. The maximum absolute atomic E-state index is 11.6. The predicted molar refractivity (Wildman–Crippen MR) is 72.5 cm³/mol. The van der Waals surface area contributed by atoms with Crippen LogP contribution >= 0.6 is 0 Å². The Morgan fingerprint density at radius 1 is 1.17 bits per heavy atom. The van der Waals surface area contributed by atoms with E-state index in [0.29, 0.717) is 17.8 Å². The van der Waals surface area contributed by atoms with Gasteiger partial charge in [0.1, 0.15) is 0 Å². The minimum absolute atomic E-state index is 0.0295.